The average molecular weight is 543 g/mol. The molecule has 0 bridgehead atoms. The molecule has 4 aromatic heterocycles. The molecule has 0 aliphatic heterocycles. The topological polar surface area (TPSA) is 116 Å². The normalized spacial score (nSPS) is 12.5. The van der Waals surface area contributed by atoms with Crippen molar-refractivity contribution in [2.75, 3.05) is 23.8 Å². The van der Waals surface area contributed by atoms with E-state index in [1.165, 1.54) is 0 Å². The van der Waals surface area contributed by atoms with Crippen molar-refractivity contribution in [1.29, 1.82) is 0 Å². The van der Waals surface area contributed by atoms with Crippen LogP contribution in [0.1, 0.15) is 23.2 Å². The van der Waals surface area contributed by atoms with Gasteiger partial charge >= 0.3 is 0 Å². The second-order valence-corrected chi connectivity index (χ2v) is 10.1. The summed E-state index contributed by atoms with van der Waals surface area (Å²) < 4.78 is 0. The van der Waals surface area contributed by atoms with Crippen LogP contribution in [0.4, 0.5) is 11.6 Å². The number of rotatable bonds is 8. The van der Waals surface area contributed by atoms with Crippen LogP contribution in [0.5, 0.6) is 0 Å². The number of aliphatic hydroxyl groups is 2. The first-order valence-corrected chi connectivity index (χ1v) is 13.7. The summed E-state index contributed by atoms with van der Waals surface area (Å²) in [5.74, 6) is 1.52. The van der Waals surface area contributed by atoms with E-state index < -0.39 is 0 Å². The molecular formula is C28H26N6O2S2. The van der Waals surface area contributed by atoms with E-state index in [2.05, 4.69) is 30.6 Å². The number of aliphatic hydroxyl groups excluding tert-OH is 2. The molecule has 38 heavy (non-hydrogen) atoms. The molecule has 0 fully saturated rings. The van der Waals surface area contributed by atoms with Gasteiger partial charge in [-0.05, 0) is 34.0 Å². The van der Waals surface area contributed by atoms with Crippen molar-refractivity contribution in [3.63, 3.8) is 0 Å². The maximum absolute atomic E-state index is 9.56. The van der Waals surface area contributed by atoms with Crippen LogP contribution in [0, 0.1) is 0 Å². The zero-order valence-electron chi connectivity index (χ0n) is 20.3. The maximum atomic E-state index is 9.56. The molecule has 8 nitrogen and oxygen atoms in total. The quantitative estimate of drug-likeness (QED) is 0.194. The van der Waals surface area contributed by atoms with E-state index in [4.69, 9.17) is 0 Å². The van der Waals surface area contributed by atoms with E-state index in [1.807, 2.05) is 83.6 Å². The van der Waals surface area contributed by atoms with Crippen molar-refractivity contribution < 1.29 is 10.2 Å². The molecule has 4 N–H and O–H groups in total. The highest BCUT2D eigenvalue weighted by molar-refractivity contribution is 7.17. The van der Waals surface area contributed by atoms with E-state index in [-0.39, 0.29) is 25.3 Å². The van der Waals surface area contributed by atoms with Gasteiger partial charge in [-0.25, -0.2) is 19.9 Å². The summed E-state index contributed by atoms with van der Waals surface area (Å²) in [6.45, 7) is 0.0271. The predicted octanol–water partition coefficient (Wildman–Crippen LogP) is 5.67. The summed E-state index contributed by atoms with van der Waals surface area (Å²) in [6.07, 6.45) is 3.08. The maximum Gasteiger partial charge on any atom is 0.138 e. The van der Waals surface area contributed by atoms with Gasteiger partial charge in [-0.15, -0.1) is 22.7 Å². The zero-order valence-corrected chi connectivity index (χ0v) is 21.9. The van der Waals surface area contributed by atoms with Crippen LogP contribution in [0.3, 0.4) is 0 Å². The van der Waals surface area contributed by atoms with E-state index >= 15 is 0 Å². The molecule has 0 unspecified atom stereocenters. The van der Waals surface area contributed by atoms with E-state index in [0.717, 1.165) is 43.2 Å². The molecule has 6 aromatic rings. The largest absolute Gasteiger partial charge is 0.394 e. The van der Waals surface area contributed by atoms with Crippen molar-refractivity contribution in [2.45, 2.75) is 12.1 Å². The Bertz CT molecular complexity index is 1460. The molecule has 0 amide bonds. The summed E-state index contributed by atoms with van der Waals surface area (Å²) in [4.78, 5) is 18.8. The molecule has 6 rings (SSSR count). The van der Waals surface area contributed by atoms with Gasteiger partial charge in [0.15, 0.2) is 0 Å². The Morgan fingerprint density at radius 1 is 0.579 bits per heavy atom. The number of benzene rings is 2. The van der Waals surface area contributed by atoms with Gasteiger partial charge in [0, 0.05) is 0 Å². The first-order chi connectivity index (χ1) is 18.8. The summed E-state index contributed by atoms with van der Waals surface area (Å²) in [5.41, 5.74) is 2.07. The summed E-state index contributed by atoms with van der Waals surface area (Å²) in [6, 6.07) is 23.3. The third-order valence-corrected chi connectivity index (χ3v) is 7.56. The second-order valence-electron chi connectivity index (χ2n) is 8.30. The first-order valence-electron chi connectivity index (χ1n) is 12.0. The van der Waals surface area contributed by atoms with E-state index in [0.29, 0.717) is 0 Å². The Kier molecular flexibility index (Phi) is 8.46. The fraction of sp³-hybridized carbons (Fsp3) is 0.143. The van der Waals surface area contributed by atoms with Crippen molar-refractivity contribution in [3.05, 3.63) is 107 Å². The van der Waals surface area contributed by atoms with Gasteiger partial charge in [-0.3, -0.25) is 0 Å². The Labute approximate surface area is 227 Å². The number of nitrogens with one attached hydrogen (secondary N) is 2. The third kappa shape index (κ3) is 5.95. The highest BCUT2D eigenvalue weighted by atomic mass is 32.1. The van der Waals surface area contributed by atoms with Gasteiger partial charge in [0.25, 0.3) is 0 Å². The molecule has 4 heterocycles. The van der Waals surface area contributed by atoms with E-state index in [1.54, 1.807) is 35.3 Å². The molecular weight excluding hydrogens is 516 g/mol. The molecule has 2 aromatic carbocycles. The minimum absolute atomic E-state index is 0.0135. The summed E-state index contributed by atoms with van der Waals surface area (Å²) in [5, 5.41) is 31.6. The monoisotopic (exact) mass is 542 g/mol. The Morgan fingerprint density at radius 2 is 1.00 bits per heavy atom. The summed E-state index contributed by atoms with van der Waals surface area (Å²) in [7, 11) is 0. The van der Waals surface area contributed by atoms with Crippen LogP contribution in [0.15, 0.2) is 96.2 Å². The molecule has 0 radical (unpaired) electrons. The smallest absolute Gasteiger partial charge is 0.138 e. The van der Waals surface area contributed by atoms with Crippen LogP contribution < -0.4 is 10.6 Å². The fourth-order valence-corrected chi connectivity index (χ4v) is 5.45. The highest BCUT2D eigenvalue weighted by Crippen LogP contribution is 2.28. The van der Waals surface area contributed by atoms with Crippen LogP contribution >= 0.6 is 22.7 Å². The molecule has 0 saturated carbocycles. The van der Waals surface area contributed by atoms with Crippen molar-refractivity contribution >= 4 is 54.7 Å². The first kappa shape index (κ1) is 25.7. The second kappa shape index (κ2) is 12.5. The van der Waals surface area contributed by atoms with Gasteiger partial charge in [-0.2, -0.15) is 0 Å². The van der Waals surface area contributed by atoms with Gasteiger partial charge in [-0.1, -0.05) is 60.7 Å². The van der Waals surface area contributed by atoms with Crippen LogP contribution in [-0.2, 0) is 0 Å². The lowest BCUT2D eigenvalue weighted by Gasteiger charge is -2.17. The van der Waals surface area contributed by atoms with Gasteiger partial charge in [0.2, 0.25) is 0 Å². The SMILES string of the molecule is OC[C@@H](Nc1ncnc2sccc12)c1ccccc1.OC[C@@H](Nc1ncnc2sccc12)c1ccccc1. The predicted molar refractivity (Wildman–Crippen MR) is 155 cm³/mol. The number of nitrogens with zero attached hydrogens (tertiary/aromatic N) is 4. The lowest BCUT2D eigenvalue weighted by Crippen LogP contribution is -2.15. The van der Waals surface area contributed by atoms with Crippen LogP contribution in [0.25, 0.3) is 20.4 Å². The lowest BCUT2D eigenvalue weighted by atomic mass is 10.1. The molecule has 192 valence electrons. The lowest BCUT2D eigenvalue weighted by molar-refractivity contribution is 0.276. The Morgan fingerprint density at radius 3 is 1.39 bits per heavy atom. The molecule has 10 heteroatoms. The number of hydrogen-bond acceptors (Lipinski definition) is 10. The number of aromatic nitrogens is 4. The fourth-order valence-electron chi connectivity index (χ4n) is 3.98. The van der Waals surface area contributed by atoms with E-state index in [9.17, 15) is 10.2 Å². The minimum atomic E-state index is -0.167. The molecule has 2 atom stereocenters. The number of thiophene rings is 2. The number of hydrogen-bond donors (Lipinski definition) is 4. The number of fused-ring (bicyclic) bond motifs is 2. The highest BCUT2D eigenvalue weighted by Gasteiger charge is 2.14. The van der Waals surface area contributed by atoms with Crippen molar-refractivity contribution in [2.24, 2.45) is 0 Å². The molecule has 0 aliphatic rings. The van der Waals surface area contributed by atoms with Crippen LogP contribution in [0.2, 0.25) is 0 Å². The summed E-state index contributed by atoms with van der Waals surface area (Å²) >= 11 is 3.16. The molecule has 0 saturated heterocycles. The number of anilines is 2. The Balaban J connectivity index is 0.000000155. The zero-order chi connectivity index (χ0) is 26.2. The standard InChI is InChI=1S/2C14H13N3OS/c2*18-8-12(10-4-2-1-3-5-10)17-13-11-6-7-19-14(11)16-9-15-13/h2*1-7,9,12,18H,8H2,(H,15,16,17)/t2*12-/m11/s1. The van der Waals surface area contributed by atoms with Gasteiger partial charge in [0.05, 0.1) is 36.1 Å². The minimum Gasteiger partial charge on any atom is -0.394 e. The molecule has 0 spiro atoms. The molecule has 0 aliphatic carbocycles. The van der Waals surface area contributed by atoms with Gasteiger partial charge in [0.1, 0.15) is 34.0 Å². The van der Waals surface area contributed by atoms with Gasteiger partial charge < -0.3 is 20.8 Å². The van der Waals surface area contributed by atoms with Crippen molar-refractivity contribution in [3.8, 4) is 0 Å². The third-order valence-electron chi connectivity index (χ3n) is 5.91. The van der Waals surface area contributed by atoms with Crippen LogP contribution in [-0.4, -0.2) is 43.4 Å². The van der Waals surface area contributed by atoms with Crippen molar-refractivity contribution in [1.82, 2.24) is 19.9 Å². The Hall–Kier alpha value is -3.96. The average Bonchev–Trinajstić information content (AvgIpc) is 3.66.